The van der Waals surface area contributed by atoms with E-state index in [0.29, 0.717) is 17.7 Å². The van der Waals surface area contributed by atoms with E-state index in [1.54, 1.807) is 18.2 Å². The Kier molecular flexibility index (Phi) is 5.96. The molecule has 2 atom stereocenters. The van der Waals surface area contributed by atoms with Crippen LogP contribution in [0.5, 0.6) is 11.5 Å². The Hall–Kier alpha value is -2.60. The summed E-state index contributed by atoms with van der Waals surface area (Å²) in [7, 11) is 1.47. The first kappa shape index (κ1) is 19.2. The van der Waals surface area contributed by atoms with Gasteiger partial charge in [-0.25, -0.2) is 4.79 Å². The topological polar surface area (TPSA) is 93.1 Å². The second-order valence-electron chi connectivity index (χ2n) is 6.91. The number of allylic oxidation sites excluding steroid dienone is 1. The Bertz CT molecular complexity index is 792. The van der Waals surface area contributed by atoms with Crippen molar-refractivity contribution in [3.8, 4) is 11.5 Å². The minimum absolute atomic E-state index is 0.0443. The van der Waals surface area contributed by atoms with Crippen molar-refractivity contribution in [2.45, 2.75) is 50.7 Å². The summed E-state index contributed by atoms with van der Waals surface area (Å²) in [6, 6.07) is 3.00. The number of ether oxygens (including phenoxy) is 2. The van der Waals surface area contributed by atoms with E-state index in [-0.39, 0.29) is 36.4 Å². The van der Waals surface area contributed by atoms with Gasteiger partial charge in [0.1, 0.15) is 28.9 Å². The molecule has 27 heavy (non-hydrogen) atoms. The largest absolute Gasteiger partial charge is 0.507 e. The summed E-state index contributed by atoms with van der Waals surface area (Å²) in [5, 5.41) is 20.4. The van der Waals surface area contributed by atoms with Crippen LogP contribution >= 0.6 is 0 Å². The van der Waals surface area contributed by atoms with Gasteiger partial charge in [-0.2, -0.15) is 0 Å². The lowest BCUT2D eigenvalue weighted by atomic mass is 10.0. The highest BCUT2D eigenvalue weighted by atomic mass is 16.5. The number of phenols is 1. The van der Waals surface area contributed by atoms with Gasteiger partial charge in [0.15, 0.2) is 0 Å². The van der Waals surface area contributed by atoms with Gasteiger partial charge in [-0.05, 0) is 42.9 Å². The van der Waals surface area contributed by atoms with E-state index in [4.69, 9.17) is 9.47 Å². The smallest absolute Gasteiger partial charge is 0.343 e. The summed E-state index contributed by atoms with van der Waals surface area (Å²) in [5.41, 5.74) is 1.44. The first-order valence-corrected chi connectivity index (χ1v) is 9.15. The van der Waals surface area contributed by atoms with Crippen LogP contribution in [0.4, 0.5) is 0 Å². The van der Waals surface area contributed by atoms with Crippen LogP contribution in [0.25, 0.3) is 6.08 Å². The molecule has 0 spiro atoms. The summed E-state index contributed by atoms with van der Waals surface area (Å²) in [4.78, 5) is 24.8. The number of benzene rings is 1. The Morgan fingerprint density at radius 2 is 2.07 bits per heavy atom. The highest BCUT2D eigenvalue weighted by molar-refractivity contribution is 5.97. The molecule has 3 rings (SSSR count). The monoisotopic (exact) mass is 372 g/mol. The average Bonchev–Trinajstić information content (AvgIpc) is 3.05. The number of ketones is 1. The van der Waals surface area contributed by atoms with E-state index in [1.165, 1.54) is 13.2 Å². The summed E-state index contributed by atoms with van der Waals surface area (Å²) < 4.78 is 10.8. The molecule has 144 valence electrons. The van der Waals surface area contributed by atoms with Crippen LogP contribution in [0.3, 0.4) is 0 Å². The van der Waals surface area contributed by atoms with Crippen LogP contribution in [0, 0.1) is 0 Å². The number of phenolic OH excluding ortho intramolecular Hbond substituents is 1. The lowest BCUT2D eigenvalue weighted by Gasteiger charge is -2.17. The van der Waals surface area contributed by atoms with Gasteiger partial charge in [0.25, 0.3) is 0 Å². The number of methoxy groups -OCH3 is 1. The minimum atomic E-state index is -0.788. The van der Waals surface area contributed by atoms with Crippen molar-refractivity contribution in [3.63, 3.8) is 0 Å². The predicted molar refractivity (Wildman–Crippen MR) is 99.7 cm³/mol. The molecule has 0 bridgehead atoms. The van der Waals surface area contributed by atoms with E-state index < -0.39 is 18.2 Å². The number of hydrogen-bond acceptors (Lipinski definition) is 6. The second kappa shape index (κ2) is 8.39. The quantitative estimate of drug-likeness (QED) is 0.581. The van der Waals surface area contributed by atoms with Gasteiger partial charge < -0.3 is 19.7 Å². The number of aliphatic hydroxyl groups excluding tert-OH is 1. The van der Waals surface area contributed by atoms with Gasteiger partial charge in [0.2, 0.25) is 0 Å². The predicted octanol–water partition coefficient (Wildman–Crippen LogP) is 3.16. The molecule has 0 saturated heterocycles. The van der Waals surface area contributed by atoms with Gasteiger partial charge in [0.05, 0.1) is 13.2 Å². The SMILES string of the molecule is COc1cc(O)c2c(c1)C=CC[C@H](O)CC(=O)CC=C1CCCC1OC2=O. The molecule has 0 aromatic heterocycles. The van der Waals surface area contributed by atoms with Crippen molar-refractivity contribution in [1.82, 2.24) is 0 Å². The molecule has 1 heterocycles. The van der Waals surface area contributed by atoms with Crippen molar-refractivity contribution in [3.05, 3.63) is 41.0 Å². The third-order valence-corrected chi connectivity index (χ3v) is 4.92. The number of rotatable bonds is 1. The number of Topliss-reactive ketones (excluding diaryl/α,β-unsaturated/α-hetero) is 1. The molecule has 6 heteroatoms. The van der Waals surface area contributed by atoms with E-state index in [9.17, 15) is 19.8 Å². The lowest BCUT2D eigenvalue weighted by Crippen LogP contribution is -2.18. The summed E-state index contributed by atoms with van der Waals surface area (Å²) in [5.74, 6) is -0.471. The van der Waals surface area contributed by atoms with Crippen LogP contribution in [0.1, 0.15) is 54.4 Å². The van der Waals surface area contributed by atoms with Gasteiger partial charge in [-0.1, -0.05) is 18.2 Å². The lowest BCUT2D eigenvalue weighted by molar-refractivity contribution is -0.120. The molecule has 1 saturated carbocycles. The Labute approximate surface area is 158 Å². The molecular formula is C21H24O6. The fourth-order valence-corrected chi connectivity index (χ4v) is 3.51. The van der Waals surface area contributed by atoms with Gasteiger partial charge in [-0.3, -0.25) is 4.79 Å². The second-order valence-corrected chi connectivity index (χ2v) is 6.91. The molecular weight excluding hydrogens is 348 g/mol. The molecule has 1 aromatic carbocycles. The van der Waals surface area contributed by atoms with Crippen LogP contribution < -0.4 is 4.74 Å². The Balaban J connectivity index is 2.00. The van der Waals surface area contributed by atoms with Gasteiger partial charge in [0, 0.05) is 18.9 Å². The van der Waals surface area contributed by atoms with Gasteiger partial charge in [-0.15, -0.1) is 0 Å². The number of hydrogen-bond donors (Lipinski definition) is 2. The molecule has 2 aliphatic rings. The first-order valence-electron chi connectivity index (χ1n) is 9.15. The summed E-state index contributed by atoms with van der Waals surface area (Å²) in [6.45, 7) is 0. The van der Waals surface area contributed by atoms with Crippen LogP contribution in [0.15, 0.2) is 29.9 Å². The molecule has 0 radical (unpaired) electrons. The Morgan fingerprint density at radius 1 is 1.26 bits per heavy atom. The zero-order chi connectivity index (χ0) is 19.4. The highest BCUT2D eigenvalue weighted by Crippen LogP contribution is 2.33. The van der Waals surface area contributed by atoms with Crippen molar-refractivity contribution in [2.24, 2.45) is 0 Å². The maximum Gasteiger partial charge on any atom is 0.343 e. The maximum absolute atomic E-state index is 12.8. The zero-order valence-corrected chi connectivity index (χ0v) is 15.3. The van der Waals surface area contributed by atoms with Crippen LogP contribution in [0.2, 0.25) is 0 Å². The molecule has 1 aliphatic heterocycles. The van der Waals surface area contributed by atoms with Crippen molar-refractivity contribution in [2.75, 3.05) is 7.11 Å². The van der Waals surface area contributed by atoms with E-state index in [2.05, 4.69) is 0 Å². The first-order chi connectivity index (χ1) is 13.0. The highest BCUT2D eigenvalue weighted by Gasteiger charge is 2.28. The minimum Gasteiger partial charge on any atom is -0.507 e. The number of aromatic hydroxyl groups is 1. The standard InChI is InChI=1S/C21H24O6/c1-26-17-10-14-5-2-6-15(22)11-16(23)9-8-13-4-3-7-19(13)27-21(25)20(14)18(24)12-17/h2,5,8,10,12,15,19,22,24H,3-4,6-7,9,11H2,1H3/t15-,19?/m0/s1. The third-order valence-electron chi connectivity index (χ3n) is 4.92. The third kappa shape index (κ3) is 4.57. The molecule has 0 amide bonds. The maximum atomic E-state index is 12.8. The van der Waals surface area contributed by atoms with E-state index >= 15 is 0 Å². The van der Waals surface area contributed by atoms with Crippen LogP contribution in [-0.4, -0.2) is 41.3 Å². The molecule has 2 N–H and O–H groups in total. The molecule has 6 nitrogen and oxygen atoms in total. The average molecular weight is 372 g/mol. The number of carbonyl (C=O) groups excluding carboxylic acids is 2. The molecule has 1 fully saturated rings. The fraction of sp³-hybridized carbons (Fsp3) is 0.429. The summed E-state index contributed by atoms with van der Waals surface area (Å²) in [6.07, 6.45) is 6.84. The molecule has 1 aliphatic carbocycles. The van der Waals surface area contributed by atoms with Crippen molar-refractivity contribution in [1.29, 1.82) is 0 Å². The van der Waals surface area contributed by atoms with Crippen molar-refractivity contribution < 1.29 is 29.3 Å². The van der Waals surface area contributed by atoms with E-state index in [0.717, 1.165) is 18.4 Å². The zero-order valence-electron chi connectivity index (χ0n) is 15.3. The van der Waals surface area contributed by atoms with Crippen molar-refractivity contribution >= 4 is 17.8 Å². The molecule has 1 unspecified atom stereocenters. The van der Waals surface area contributed by atoms with Crippen LogP contribution in [-0.2, 0) is 9.53 Å². The number of esters is 1. The molecule has 1 aromatic rings. The number of fused-ring (bicyclic) bond motifs is 2. The summed E-state index contributed by atoms with van der Waals surface area (Å²) >= 11 is 0. The normalized spacial score (nSPS) is 23.7. The van der Waals surface area contributed by atoms with E-state index in [1.807, 2.05) is 6.08 Å². The van der Waals surface area contributed by atoms with Gasteiger partial charge >= 0.3 is 5.97 Å². The number of aliphatic hydroxyl groups is 1. The fourth-order valence-electron chi connectivity index (χ4n) is 3.51. The number of carbonyl (C=O) groups is 2. The Morgan fingerprint density at radius 3 is 2.85 bits per heavy atom.